The third-order valence-electron chi connectivity index (χ3n) is 5.07. The molecule has 0 atom stereocenters. The van der Waals surface area contributed by atoms with Gasteiger partial charge in [-0.3, -0.25) is 9.79 Å². The van der Waals surface area contributed by atoms with Gasteiger partial charge in [0.15, 0.2) is 15.8 Å². The average Bonchev–Trinajstić information content (AvgIpc) is 3.16. The molecule has 1 amide bonds. The molecule has 0 radical (unpaired) electrons. The third-order valence-corrected chi connectivity index (χ3v) is 6.80. The fourth-order valence-corrected chi connectivity index (χ4v) is 4.77. The highest BCUT2D eigenvalue weighted by molar-refractivity contribution is 14.0. The molecule has 1 aromatic rings. The van der Waals surface area contributed by atoms with Crippen molar-refractivity contribution in [3.05, 3.63) is 30.3 Å². The fraction of sp³-hybridized carbons (Fsp3) is 0.600. The first-order valence-electron chi connectivity index (χ1n) is 9.82. The largest absolute Gasteiger partial charge is 0.357 e. The lowest BCUT2D eigenvalue weighted by Crippen LogP contribution is -2.43. The highest BCUT2D eigenvalue weighted by Crippen LogP contribution is 2.39. The minimum Gasteiger partial charge on any atom is -0.357 e. The van der Waals surface area contributed by atoms with E-state index in [1.165, 1.54) is 0 Å². The summed E-state index contributed by atoms with van der Waals surface area (Å²) in [5, 5.41) is 6.23. The van der Waals surface area contributed by atoms with Crippen LogP contribution in [0.2, 0.25) is 0 Å². The zero-order valence-corrected chi connectivity index (χ0v) is 20.6. The predicted molar refractivity (Wildman–Crippen MR) is 127 cm³/mol. The van der Waals surface area contributed by atoms with Gasteiger partial charge in [-0.25, -0.2) is 8.42 Å². The zero-order valence-electron chi connectivity index (χ0n) is 17.5. The molecule has 0 aliphatic heterocycles. The van der Waals surface area contributed by atoms with Crippen LogP contribution < -0.4 is 10.6 Å². The number of aliphatic imine (C=N–C) groups is 1. The van der Waals surface area contributed by atoms with E-state index in [9.17, 15) is 13.2 Å². The standard InChI is InChI=1S/C20H32N4O3S.HI/c1-4-21-19(22-14-15-28(26,27)17-10-6-5-7-11-17)23-16-20(12-8-9-13-20)18(25)24(2)3;/h5-7,10-11H,4,8-9,12-16H2,1-3H3,(H2,21,22,23);1H. The Balaban J connectivity index is 0.00000420. The summed E-state index contributed by atoms with van der Waals surface area (Å²) < 4.78 is 24.8. The van der Waals surface area contributed by atoms with Crippen molar-refractivity contribution in [2.45, 2.75) is 37.5 Å². The number of halogens is 1. The number of sulfone groups is 1. The summed E-state index contributed by atoms with van der Waals surface area (Å²) in [7, 11) is 0.219. The number of benzene rings is 1. The minimum atomic E-state index is -3.34. The molecule has 0 bridgehead atoms. The fourth-order valence-electron chi connectivity index (χ4n) is 3.59. The van der Waals surface area contributed by atoms with Crippen LogP contribution in [0.15, 0.2) is 40.2 Å². The molecule has 0 saturated heterocycles. The molecule has 29 heavy (non-hydrogen) atoms. The Bertz CT molecular complexity index is 776. The molecule has 1 aromatic carbocycles. The van der Waals surface area contributed by atoms with Crippen molar-refractivity contribution < 1.29 is 13.2 Å². The van der Waals surface area contributed by atoms with Crippen molar-refractivity contribution in [3.63, 3.8) is 0 Å². The molecule has 164 valence electrons. The van der Waals surface area contributed by atoms with Crippen LogP contribution in [0.25, 0.3) is 0 Å². The Labute approximate surface area is 191 Å². The Morgan fingerprint density at radius 1 is 1.14 bits per heavy atom. The monoisotopic (exact) mass is 536 g/mol. The molecule has 1 saturated carbocycles. The second kappa shape index (κ2) is 11.7. The average molecular weight is 536 g/mol. The molecular formula is C20H33IN4O3S. The van der Waals surface area contributed by atoms with Crippen molar-refractivity contribution in [2.24, 2.45) is 10.4 Å². The second-order valence-electron chi connectivity index (χ2n) is 7.44. The van der Waals surface area contributed by atoms with Crippen LogP contribution >= 0.6 is 24.0 Å². The third kappa shape index (κ3) is 7.13. The number of amides is 1. The van der Waals surface area contributed by atoms with E-state index in [1.807, 2.05) is 6.92 Å². The first-order chi connectivity index (χ1) is 13.3. The van der Waals surface area contributed by atoms with E-state index in [2.05, 4.69) is 15.6 Å². The topological polar surface area (TPSA) is 90.9 Å². The molecule has 0 heterocycles. The van der Waals surface area contributed by atoms with E-state index < -0.39 is 15.3 Å². The molecular weight excluding hydrogens is 503 g/mol. The highest BCUT2D eigenvalue weighted by Gasteiger charge is 2.42. The van der Waals surface area contributed by atoms with Gasteiger partial charge in [0.05, 0.1) is 22.6 Å². The maximum Gasteiger partial charge on any atom is 0.230 e. The molecule has 0 unspecified atom stereocenters. The minimum absolute atomic E-state index is 0. The lowest BCUT2D eigenvalue weighted by molar-refractivity contribution is -0.138. The lowest BCUT2D eigenvalue weighted by Gasteiger charge is -2.29. The molecule has 9 heteroatoms. The van der Waals surface area contributed by atoms with Crippen molar-refractivity contribution in [1.82, 2.24) is 15.5 Å². The summed E-state index contributed by atoms with van der Waals surface area (Å²) in [6.45, 7) is 3.27. The molecule has 1 aliphatic rings. The number of rotatable bonds is 8. The Kier molecular flexibility index (Phi) is 10.4. The van der Waals surface area contributed by atoms with Crippen LogP contribution in [0, 0.1) is 5.41 Å². The van der Waals surface area contributed by atoms with E-state index in [0.29, 0.717) is 23.9 Å². The summed E-state index contributed by atoms with van der Waals surface area (Å²) in [4.78, 5) is 19.3. The van der Waals surface area contributed by atoms with Gasteiger partial charge in [0.2, 0.25) is 5.91 Å². The van der Waals surface area contributed by atoms with Crippen LogP contribution in [0.3, 0.4) is 0 Å². The summed E-state index contributed by atoms with van der Waals surface area (Å²) in [6, 6.07) is 8.43. The summed E-state index contributed by atoms with van der Waals surface area (Å²) in [5.74, 6) is 0.642. The Morgan fingerprint density at radius 3 is 2.31 bits per heavy atom. The molecule has 2 rings (SSSR count). The van der Waals surface area contributed by atoms with Gasteiger partial charge in [-0.2, -0.15) is 0 Å². The highest BCUT2D eigenvalue weighted by atomic mass is 127. The van der Waals surface area contributed by atoms with Crippen LogP contribution in [0.1, 0.15) is 32.6 Å². The Morgan fingerprint density at radius 2 is 1.76 bits per heavy atom. The van der Waals surface area contributed by atoms with Gasteiger partial charge in [0.1, 0.15) is 0 Å². The summed E-state index contributed by atoms with van der Waals surface area (Å²) in [5.41, 5.74) is -0.442. The maximum atomic E-state index is 12.7. The van der Waals surface area contributed by atoms with Gasteiger partial charge in [0.25, 0.3) is 0 Å². The summed E-state index contributed by atoms with van der Waals surface area (Å²) >= 11 is 0. The first kappa shape index (κ1) is 25.7. The van der Waals surface area contributed by atoms with Crippen LogP contribution in [0.5, 0.6) is 0 Å². The van der Waals surface area contributed by atoms with Crippen molar-refractivity contribution in [1.29, 1.82) is 0 Å². The molecule has 0 aromatic heterocycles. The SMILES string of the molecule is CCNC(=NCC1(C(=O)N(C)C)CCCC1)NCCS(=O)(=O)c1ccccc1.I. The predicted octanol–water partition coefficient (Wildman–Crippen LogP) is 2.28. The van der Waals surface area contributed by atoms with E-state index in [0.717, 1.165) is 25.7 Å². The molecule has 0 spiro atoms. The summed E-state index contributed by atoms with van der Waals surface area (Å²) in [6.07, 6.45) is 3.76. The van der Waals surface area contributed by atoms with E-state index in [1.54, 1.807) is 49.3 Å². The van der Waals surface area contributed by atoms with Crippen molar-refractivity contribution >= 4 is 45.7 Å². The van der Waals surface area contributed by atoms with Crippen molar-refractivity contribution in [2.75, 3.05) is 39.5 Å². The van der Waals surface area contributed by atoms with Gasteiger partial charge >= 0.3 is 0 Å². The maximum absolute atomic E-state index is 12.7. The number of guanidine groups is 1. The van der Waals surface area contributed by atoms with Gasteiger partial charge in [-0.15, -0.1) is 24.0 Å². The number of hydrogen-bond acceptors (Lipinski definition) is 4. The normalized spacial score (nSPS) is 16.0. The Hall–Kier alpha value is -1.36. The smallest absolute Gasteiger partial charge is 0.230 e. The lowest BCUT2D eigenvalue weighted by atomic mass is 9.85. The second-order valence-corrected chi connectivity index (χ2v) is 9.55. The molecule has 2 N–H and O–H groups in total. The van der Waals surface area contributed by atoms with E-state index in [-0.39, 0.29) is 42.2 Å². The van der Waals surface area contributed by atoms with E-state index in [4.69, 9.17) is 0 Å². The van der Waals surface area contributed by atoms with Gasteiger partial charge in [0, 0.05) is 27.2 Å². The number of nitrogens with one attached hydrogen (secondary N) is 2. The van der Waals surface area contributed by atoms with Crippen LogP contribution in [-0.4, -0.2) is 64.7 Å². The first-order valence-corrected chi connectivity index (χ1v) is 11.5. The number of carbonyl (C=O) groups is 1. The van der Waals surface area contributed by atoms with E-state index >= 15 is 0 Å². The zero-order chi connectivity index (χ0) is 20.6. The molecule has 1 aliphatic carbocycles. The van der Waals surface area contributed by atoms with Crippen LogP contribution in [-0.2, 0) is 14.6 Å². The number of nitrogens with zero attached hydrogens (tertiary/aromatic N) is 2. The molecule has 7 nitrogen and oxygen atoms in total. The quantitative estimate of drug-likeness (QED) is 0.302. The number of carbonyl (C=O) groups excluding carboxylic acids is 1. The molecule has 1 fully saturated rings. The van der Waals surface area contributed by atoms with Gasteiger partial charge < -0.3 is 15.5 Å². The van der Waals surface area contributed by atoms with Gasteiger partial charge in [-0.1, -0.05) is 31.0 Å². The number of hydrogen-bond donors (Lipinski definition) is 2. The van der Waals surface area contributed by atoms with Gasteiger partial charge in [-0.05, 0) is 31.9 Å². The van der Waals surface area contributed by atoms with Crippen LogP contribution in [0.4, 0.5) is 0 Å². The van der Waals surface area contributed by atoms with Crippen molar-refractivity contribution in [3.8, 4) is 0 Å².